The lowest BCUT2D eigenvalue weighted by atomic mass is 10.2. The van der Waals surface area contributed by atoms with Gasteiger partial charge in [0, 0.05) is 36.7 Å². The van der Waals surface area contributed by atoms with Crippen molar-refractivity contribution in [2.24, 2.45) is 0 Å². The van der Waals surface area contributed by atoms with Gasteiger partial charge in [0.25, 0.3) is 0 Å². The van der Waals surface area contributed by atoms with E-state index in [0.29, 0.717) is 0 Å². The van der Waals surface area contributed by atoms with Crippen molar-refractivity contribution in [3.63, 3.8) is 0 Å². The molecule has 0 spiro atoms. The number of aromatic amines is 1. The lowest BCUT2D eigenvalue weighted by Gasteiger charge is -1.99. The monoisotopic (exact) mass is 230 g/mol. The lowest BCUT2D eigenvalue weighted by molar-refractivity contribution is 0.665. The zero-order chi connectivity index (χ0) is 11.9. The summed E-state index contributed by atoms with van der Waals surface area (Å²) in [6.07, 6.45) is 5.60. The van der Waals surface area contributed by atoms with Crippen LogP contribution in [0.15, 0.2) is 30.6 Å². The second-order valence-corrected chi connectivity index (χ2v) is 4.03. The summed E-state index contributed by atoms with van der Waals surface area (Å²) in [5.41, 5.74) is 2.17. The third-order valence-corrected chi connectivity index (χ3v) is 2.50. The van der Waals surface area contributed by atoms with Gasteiger partial charge in [-0.05, 0) is 25.1 Å². The molecule has 0 atom stereocenters. The predicted molar refractivity (Wildman–Crippen MR) is 67.6 cm³/mol. The summed E-state index contributed by atoms with van der Waals surface area (Å²) >= 11 is 0. The molecule has 90 valence electrons. The number of nitrogens with one attached hydrogen (secondary N) is 2. The zero-order valence-electron chi connectivity index (χ0n) is 10.1. The molecule has 0 aliphatic carbocycles. The van der Waals surface area contributed by atoms with E-state index in [2.05, 4.69) is 27.2 Å². The second-order valence-electron chi connectivity index (χ2n) is 4.03. The molecule has 2 aromatic heterocycles. The number of hydrogen-bond acceptors (Lipinski definition) is 3. The third-order valence-electron chi connectivity index (χ3n) is 2.50. The molecule has 0 unspecified atom stereocenters. The SMILES string of the molecule is CCCNCc1cnc(Cc2ccccn2)[nH]1. The van der Waals surface area contributed by atoms with Crippen molar-refractivity contribution in [3.8, 4) is 0 Å². The van der Waals surface area contributed by atoms with Crippen LogP contribution >= 0.6 is 0 Å². The molecule has 4 nitrogen and oxygen atoms in total. The molecule has 2 aromatic rings. The van der Waals surface area contributed by atoms with Crippen molar-refractivity contribution in [1.29, 1.82) is 0 Å². The molecular weight excluding hydrogens is 212 g/mol. The van der Waals surface area contributed by atoms with Crippen molar-refractivity contribution >= 4 is 0 Å². The fourth-order valence-corrected chi connectivity index (χ4v) is 1.66. The van der Waals surface area contributed by atoms with E-state index in [9.17, 15) is 0 Å². The normalized spacial score (nSPS) is 10.6. The van der Waals surface area contributed by atoms with Crippen LogP contribution in [0.3, 0.4) is 0 Å². The highest BCUT2D eigenvalue weighted by Crippen LogP contribution is 2.03. The first kappa shape index (κ1) is 11.8. The number of imidazole rings is 1. The molecule has 2 N–H and O–H groups in total. The smallest absolute Gasteiger partial charge is 0.112 e. The Morgan fingerprint density at radius 1 is 1.29 bits per heavy atom. The number of rotatable bonds is 6. The van der Waals surface area contributed by atoms with Crippen molar-refractivity contribution in [2.45, 2.75) is 26.3 Å². The minimum absolute atomic E-state index is 0.759. The third kappa shape index (κ3) is 3.67. The van der Waals surface area contributed by atoms with Gasteiger partial charge >= 0.3 is 0 Å². The van der Waals surface area contributed by atoms with Gasteiger partial charge in [-0.3, -0.25) is 4.98 Å². The van der Waals surface area contributed by atoms with E-state index in [1.165, 1.54) is 0 Å². The lowest BCUT2D eigenvalue weighted by Crippen LogP contribution is -2.13. The van der Waals surface area contributed by atoms with Gasteiger partial charge in [-0.25, -0.2) is 4.98 Å². The van der Waals surface area contributed by atoms with E-state index < -0.39 is 0 Å². The summed E-state index contributed by atoms with van der Waals surface area (Å²) < 4.78 is 0. The zero-order valence-corrected chi connectivity index (χ0v) is 10.1. The Balaban J connectivity index is 1.90. The Kier molecular flexibility index (Phi) is 4.27. The maximum absolute atomic E-state index is 4.35. The summed E-state index contributed by atoms with van der Waals surface area (Å²) in [5.74, 6) is 0.969. The van der Waals surface area contributed by atoms with Gasteiger partial charge in [0.2, 0.25) is 0 Å². The summed E-state index contributed by atoms with van der Waals surface area (Å²) in [5, 5.41) is 3.34. The first-order chi connectivity index (χ1) is 8.38. The molecule has 0 saturated carbocycles. The van der Waals surface area contributed by atoms with Crippen LogP contribution in [0.2, 0.25) is 0 Å². The molecule has 0 bridgehead atoms. The van der Waals surface area contributed by atoms with Crippen molar-refractivity contribution < 1.29 is 0 Å². The summed E-state index contributed by atoms with van der Waals surface area (Å²) in [4.78, 5) is 11.9. The number of nitrogens with zero attached hydrogens (tertiary/aromatic N) is 2. The Hall–Kier alpha value is -1.68. The molecule has 0 aliphatic heterocycles. The highest BCUT2D eigenvalue weighted by molar-refractivity contribution is 5.11. The topological polar surface area (TPSA) is 53.6 Å². The fraction of sp³-hybridized carbons (Fsp3) is 0.385. The average Bonchev–Trinajstić information content (AvgIpc) is 2.79. The van der Waals surface area contributed by atoms with Crippen LogP contribution < -0.4 is 5.32 Å². The predicted octanol–water partition coefficient (Wildman–Crippen LogP) is 1.90. The van der Waals surface area contributed by atoms with E-state index in [1.807, 2.05) is 30.6 Å². The average molecular weight is 230 g/mol. The second kappa shape index (κ2) is 6.15. The van der Waals surface area contributed by atoms with Crippen LogP contribution in [0, 0.1) is 0 Å². The van der Waals surface area contributed by atoms with Crippen LogP contribution in [0.1, 0.15) is 30.6 Å². The van der Waals surface area contributed by atoms with Gasteiger partial charge in [0.15, 0.2) is 0 Å². The largest absolute Gasteiger partial charge is 0.344 e. The van der Waals surface area contributed by atoms with Crippen molar-refractivity contribution in [3.05, 3.63) is 47.8 Å². The maximum atomic E-state index is 4.35. The Morgan fingerprint density at radius 3 is 3.00 bits per heavy atom. The molecule has 0 aliphatic rings. The van der Waals surface area contributed by atoms with Gasteiger partial charge in [-0.1, -0.05) is 13.0 Å². The molecule has 0 fully saturated rings. The van der Waals surface area contributed by atoms with Gasteiger partial charge in [0.05, 0.1) is 0 Å². The minimum atomic E-state index is 0.759. The van der Waals surface area contributed by atoms with Gasteiger partial charge < -0.3 is 10.3 Å². The first-order valence-corrected chi connectivity index (χ1v) is 6.02. The molecule has 4 heteroatoms. The molecular formula is C13H18N4. The van der Waals surface area contributed by atoms with E-state index >= 15 is 0 Å². The molecule has 0 radical (unpaired) electrons. The number of hydrogen-bond donors (Lipinski definition) is 2. The Morgan fingerprint density at radius 2 is 2.24 bits per heavy atom. The van der Waals surface area contributed by atoms with Gasteiger partial charge in [0.1, 0.15) is 5.82 Å². The van der Waals surface area contributed by atoms with Crippen LogP contribution in [0.5, 0.6) is 0 Å². The maximum Gasteiger partial charge on any atom is 0.112 e. The Bertz CT molecular complexity index is 436. The number of H-pyrrole nitrogens is 1. The van der Waals surface area contributed by atoms with Gasteiger partial charge in [-0.15, -0.1) is 0 Å². The van der Waals surface area contributed by atoms with Crippen LogP contribution in [0.25, 0.3) is 0 Å². The fourth-order valence-electron chi connectivity index (χ4n) is 1.66. The first-order valence-electron chi connectivity index (χ1n) is 6.02. The van der Waals surface area contributed by atoms with Crippen LogP contribution in [-0.4, -0.2) is 21.5 Å². The molecule has 0 aromatic carbocycles. The molecule has 17 heavy (non-hydrogen) atoms. The van der Waals surface area contributed by atoms with E-state index in [0.717, 1.165) is 43.1 Å². The van der Waals surface area contributed by atoms with E-state index in [-0.39, 0.29) is 0 Å². The summed E-state index contributed by atoms with van der Waals surface area (Å²) in [7, 11) is 0. The van der Waals surface area contributed by atoms with E-state index in [1.54, 1.807) is 0 Å². The number of pyridine rings is 1. The molecule has 2 rings (SSSR count). The highest BCUT2D eigenvalue weighted by atomic mass is 15.0. The van der Waals surface area contributed by atoms with Crippen LogP contribution in [0.4, 0.5) is 0 Å². The van der Waals surface area contributed by atoms with Gasteiger partial charge in [-0.2, -0.15) is 0 Å². The minimum Gasteiger partial charge on any atom is -0.344 e. The summed E-state index contributed by atoms with van der Waals surface area (Å²) in [6.45, 7) is 4.05. The molecule has 0 amide bonds. The van der Waals surface area contributed by atoms with Crippen molar-refractivity contribution in [2.75, 3.05) is 6.54 Å². The molecule has 2 heterocycles. The quantitative estimate of drug-likeness (QED) is 0.745. The van der Waals surface area contributed by atoms with Crippen LogP contribution in [-0.2, 0) is 13.0 Å². The summed E-state index contributed by atoms with van der Waals surface area (Å²) in [6, 6.07) is 5.93. The van der Waals surface area contributed by atoms with Crippen molar-refractivity contribution in [1.82, 2.24) is 20.3 Å². The van der Waals surface area contributed by atoms with E-state index in [4.69, 9.17) is 0 Å². The number of aromatic nitrogens is 3. The standard InChI is InChI=1S/C13H18N4/c1-2-6-14-9-12-10-16-13(17-12)8-11-5-3-4-7-15-11/h3-5,7,10,14H,2,6,8-9H2,1H3,(H,16,17). The Labute approximate surface area is 102 Å². The molecule has 0 saturated heterocycles. The highest BCUT2D eigenvalue weighted by Gasteiger charge is 2.02.